The molecule has 106 valence electrons. The minimum atomic E-state index is -0.491. The van der Waals surface area contributed by atoms with Gasteiger partial charge in [-0.1, -0.05) is 44.2 Å². The Morgan fingerprint density at radius 2 is 1.80 bits per heavy atom. The maximum absolute atomic E-state index is 11.9. The van der Waals surface area contributed by atoms with Crippen molar-refractivity contribution in [2.24, 2.45) is 5.92 Å². The Labute approximate surface area is 119 Å². The van der Waals surface area contributed by atoms with Gasteiger partial charge in [0.2, 0.25) is 0 Å². The number of ether oxygens (including phenoxy) is 1. The van der Waals surface area contributed by atoms with Crippen LogP contribution in [0.4, 0.5) is 0 Å². The number of fused-ring (bicyclic) bond motifs is 1. The molecule has 0 heterocycles. The molecule has 1 atom stereocenters. The maximum Gasteiger partial charge on any atom is 0.260 e. The van der Waals surface area contributed by atoms with Gasteiger partial charge in [0.05, 0.1) is 0 Å². The molecule has 0 aliphatic rings. The Hall–Kier alpha value is -2.03. The third-order valence-electron chi connectivity index (χ3n) is 3.09. The van der Waals surface area contributed by atoms with Crippen LogP contribution in [0, 0.1) is 5.92 Å². The van der Waals surface area contributed by atoms with Crippen LogP contribution in [0.1, 0.15) is 20.8 Å². The topological polar surface area (TPSA) is 38.3 Å². The van der Waals surface area contributed by atoms with Gasteiger partial charge in [-0.25, -0.2) is 0 Å². The summed E-state index contributed by atoms with van der Waals surface area (Å²) < 4.78 is 5.70. The highest BCUT2D eigenvalue weighted by atomic mass is 16.5. The van der Waals surface area contributed by atoms with Crippen molar-refractivity contribution in [1.82, 2.24) is 5.32 Å². The van der Waals surface area contributed by atoms with Gasteiger partial charge in [0.15, 0.2) is 6.10 Å². The van der Waals surface area contributed by atoms with Crippen molar-refractivity contribution in [3.05, 3.63) is 42.5 Å². The normalized spacial score (nSPS) is 12.4. The summed E-state index contributed by atoms with van der Waals surface area (Å²) in [5, 5.41) is 5.15. The zero-order valence-electron chi connectivity index (χ0n) is 12.2. The van der Waals surface area contributed by atoms with Gasteiger partial charge in [0.1, 0.15) is 5.75 Å². The zero-order valence-corrected chi connectivity index (χ0v) is 12.2. The highest BCUT2D eigenvalue weighted by molar-refractivity contribution is 5.84. The second-order valence-corrected chi connectivity index (χ2v) is 5.41. The molecule has 1 unspecified atom stereocenters. The van der Waals surface area contributed by atoms with Gasteiger partial charge in [-0.3, -0.25) is 4.79 Å². The molecular weight excluding hydrogens is 250 g/mol. The first kappa shape index (κ1) is 14.4. The number of carbonyl (C=O) groups is 1. The first-order valence-corrected chi connectivity index (χ1v) is 6.99. The van der Waals surface area contributed by atoms with Crippen LogP contribution in [0.2, 0.25) is 0 Å². The molecule has 0 aliphatic heterocycles. The fourth-order valence-electron chi connectivity index (χ4n) is 1.95. The second-order valence-electron chi connectivity index (χ2n) is 5.41. The van der Waals surface area contributed by atoms with Crippen LogP contribution >= 0.6 is 0 Å². The highest BCUT2D eigenvalue weighted by Crippen LogP contribution is 2.21. The number of nitrogens with one attached hydrogen (secondary N) is 1. The molecule has 2 aromatic rings. The van der Waals surface area contributed by atoms with Gasteiger partial charge in [-0.2, -0.15) is 0 Å². The minimum Gasteiger partial charge on any atom is -0.481 e. The number of carbonyl (C=O) groups excluding carboxylic acids is 1. The van der Waals surface area contributed by atoms with E-state index in [1.165, 1.54) is 0 Å². The van der Waals surface area contributed by atoms with Gasteiger partial charge in [0, 0.05) is 6.54 Å². The molecule has 1 amide bonds. The third-order valence-corrected chi connectivity index (χ3v) is 3.09. The average molecular weight is 271 g/mol. The van der Waals surface area contributed by atoms with Crippen molar-refractivity contribution >= 4 is 16.7 Å². The molecule has 0 bridgehead atoms. The van der Waals surface area contributed by atoms with Crippen LogP contribution in [0.3, 0.4) is 0 Å². The predicted molar refractivity (Wildman–Crippen MR) is 81.9 cm³/mol. The number of hydrogen-bond donors (Lipinski definition) is 1. The van der Waals surface area contributed by atoms with E-state index in [-0.39, 0.29) is 5.91 Å². The molecule has 3 heteroatoms. The summed E-state index contributed by atoms with van der Waals surface area (Å²) in [6.07, 6.45) is -0.491. The summed E-state index contributed by atoms with van der Waals surface area (Å²) in [5.74, 6) is 1.08. The van der Waals surface area contributed by atoms with E-state index in [1.54, 1.807) is 6.92 Å². The quantitative estimate of drug-likeness (QED) is 0.905. The molecule has 20 heavy (non-hydrogen) atoms. The molecule has 0 radical (unpaired) electrons. The van der Waals surface area contributed by atoms with E-state index in [9.17, 15) is 4.79 Å². The van der Waals surface area contributed by atoms with E-state index >= 15 is 0 Å². The van der Waals surface area contributed by atoms with Crippen LogP contribution in [-0.2, 0) is 4.79 Å². The average Bonchev–Trinajstić information content (AvgIpc) is 2.44. The smallest absolute Gasteiger partial charge is 0.260 e. The van der Waals surface area contributed by atoms with Crippen molar-refractivity contribution < 1.29 is 9.53 Å². The Bertz CT molecular complexity index is 592. The van der Waals surface area contributed by atoms with Gasteiger partial charge in [-0.05, 0) is 35.7 Å². The van der Waals surface area contributed by atoms with Crippen molar-refractivity contribution in [3.8, 4) is 5.75 Å². The SMILES string of the molecule is CC(C)CNC(=O)C(C)Oc1ccc2ccccc2c1. The van der Waals surface area contributed by atoms with Gasteiger partial charge in [0.25, 0.3) is 5.91 Å². The zero-order chi connectivity index (χ0) is 14.5. The van der Waals surface area contributed by atoms with E-state index in [2.05, 4.69) is 25.2 Å². The summed E-state index contributed by atoms with van der Waals surface area (Å²) in [6.45, 7) is 6.57. The van der Waals surface area contributed by atoms with Gasteiger partial charge in [-0.15, -0.1) is 0 Å². The van der Waals surface area contributed by atoms with Crippen LogP contribution < -0.4 is 10.1 Å². The van der Waals surface area contributed by atoms with Crippen molar-refractivity contribution in [3.63, 3.8) is 0 Å². The summed E-state index contributed by atoms with van der Waals surface area (Å²) in [4.78, 5) is 11.9. The minimum absolute atomic E-state index is 0.0770. The number of benzene rings is 2. The first-order chi connectivity index (χ1) is 9.56. The van der Waals surface area contributed by atoms with Crippen LogP contribution in [0.15, 0.2) is 42.5 Å². The second kappa shape index (κ2) is 6.42. The fraction of sp³-hybridized carbons (Fsp3) is 0.353. The predicted octanol–water partition coefficient (Wildman–Crippen LogP) is 3.38. The number of hydrogen-bond acceptors (Lipinski definition) is 2. The van der Waals surface area contributed by atoms with Crippen molar-refractivity contribution in [2.45, 2.75) is 26.9 Å². The molecule has 0 saturated carbocycles. The largest absolute Gasteiger partial charge is 0.481 e. The van der Waals surface area contributed by atoms with E-state index in [1.807, 2.05) is 36.4 Å². The lowest BCUT2D eigenvalue weighted by atomic mass is 10.1. The van der Waals surface area contributed by atoms with Crippen molar-refractivity contribution in [1.29, 1.82) is 0 Å². The van der Waals surface area contributed by atoms with Gasteiger partial charge >= 0.3 is 0 Å². The molecule has 0 aliphatic carbocycles. The summed E-state index contributed by atoms with van der Waals surface area (Å²) in [5.41, 5.74) is 0. The molecule has 0 fully saturated rings. The van der Waals surface area contributed by atoms with Crippen molar-refractivity contribution in [2.75, 3.05) is 6.54 Å². The standard InChI is InChI=1S/C17H21NO2/c1-12(2)11-18-17(19)13(3)20-16-9-8-14-6-4-5-7-15(14)10-16/h4-10,12-13H,11H2,1-3H3,(H,18,19). The Balaban J connectivity index is 2.02. The van der Waals surface area contributed by atoms with E-state index in [4.69, 9.17) is 4.74 Å². The number of amides is 1. The molecule has 0 saturated heterocycles. The molecule has 0 spiro atoms. The first-order valence-electron chi connectivity index (χ1n) is 6.99. The molecule has 3 nitrogen and oxygen atoms in total. The molecule has 0 aromatic heterocycles. The lowest BCUT2D eigenvalue weighted by Crippen LogP contribution is -2.38. The van der Waals surface area contributed by atoms with E-state index < -0.39 is 6.10 Å². The van der Waals surface area contributed by atoms with Gasteiger partial charge < -0.3 is 10.1 Å². The Kier molecular flexibility index (Phi) is 4.61. The molecule has 2 rings (SSSR count). The summed E-state index contributed by atoms with van der Waals surface area (Å²) in [6, 6.07) is 13.9. The van der Waals surface area contributed by atoms with Crippen LogP contribution in [0.25, 0.3) is 10.8 Å². The monoisotopic (exact) mass is 271 g/mol. The summed E-state index contributed by atoms with van der Waals surface area (Å²) >= 11 is 0. The maximum atomic E-state index is 11.9. The van der Waals surface area contributed by atoms with Crippen LogP contribution in [-0.4, -0.2) is 18.6 Å². The lowest BCUT2D eigenvalue weighted by molar-refractivity contribution is -0.127. The lowest BCUT2D eigenvalue weighted by Gasteiger charge is -2.16. The molecule has 2 aromatic carbocycles. The van der Waals surface area contributed by atoms with Crippen LogP contribution in [0.5, 0.6) is 5.75 Å². The third kappa shape index (κ3) is 3.73. The Morgan fingerprint density at radius 1 is 1.10 bits per heavy atom. The molecular formula is C17H21NO2. The fourth-order valence-corrected chi connectivity index (χ4v) is 1.95. The Morgan fingerprint density at radius 3 is 2.50 bits per heavy atom. The molecule has 1 N–H and O–H groups in total. The number of rotatable bonds is 5. The van der Waals surface area contributed by atoms with E-state index in [0.29, 0.717) is 12.5 Å². The van der Waals surface area contributed by atoms with E-state index in [0.717, 1.165) is 16.5 Å². The highest BCUT2D eigenvalue weighted by Gasteiger charge is 2.14. The summed E-state index contributed by atoms with van der Waals surface area (Å²) in [7, 11) is 0.